The van der Waals surface area contributed by atoms with Crippen molar-refractivity contribution in [2.24, 2.45) is 5.73 Å². The minimum absolute atomic E-state index is 0.0199. The zero-order valence-electron chi connectivity index (χ0n) is 9.77. The average Bonchev–Trinajstić information content (AvgIpc) is 2.87. The van der Waals surface area contributed by atoms with Gasteiger partial charge in [0.25, 0.3) is 0 Å². The van der Waals surface area contributed by atoms with Gasteiger partial charge in [-0.05, 0) is 24.3 Å². The summed E-state index contributed by atoms with van der Waals surface area (Å²) in [5.74, 6) is -0.683. The fraction of sp³-hybridized carbons (Fsp3) is 0.154. The molecule has 0 amide bonds. The van der Waals surface area contributed by atoms with Gasteiger partial charge in [0, 0.05) is 0 Å². The number of methoxy groups -OCH3 is 1. The first kappa shape index (κ1) is 12.3. The Kier molecular flexibility index (Phi) is 3.43. The van der Waals surface area contributed by atoms with Crippen LogP contribution in [0.15, 0.2) is 34.7 Å². The van der Waals surface area contributed by atoms with Crippen LogP contribution in [0, 0.1) is 5.82 Å². The number of nitrogens with two attached hydrogens (primary N) is 1. The Morgan fingerprint density at radius 2 is 2.17 bits per heavy atom. The molecule has 2 rings (SSSR count). The molecule has 2 aromatic rings. The number of hydrogen-bond acceptors (Lipinski definition) is 4. The largest absolute Gasteiger partial charge is 0.494 e. The van der Waals surface area contributed by atoms with Crippen LogP contribution < -0.4 is 10.5 Å². The molecule has 18 heavy (non-hydrogen) atoms. The second kappa shape index (κ2) is 5.01. The van der Waals surface area contributed by atoms with Crippen LogP contribution in [0.3, 0.4) is 0 Å². The summed E-state index contributed by atoms with van der Waals surface area (Å²) in [6.45, 7) is 0.188. The fourth-order valence-electron chi connectivity index (χ4n) is 1.59. The number of hydrogen-bond donors (Lipinski definition) is 1. The van der Waals surface area contributed by atoms with Crippen LogP contribution in [0.25, 0.3) is 0 Å². The molecule has 0 saturated heterocycles. The van der Waals surface area contributed by atoms with Crippen LogP contribution >= 0.6 is 0 Å². The summed E-state index contributed by atoms with van der Waals surface area (Å²) in [5, 5.41) is 0. The summed E-state index contributed by atoms with van der Waals surface area (Å²) >= 11 is 0. The molecule has 0 spiro atoms. The predicted molar refractivity (Wildman–Crippen MR) is 63.0 cm³/mol. The van der Waals surface area contributed by atoms with E-state index in [2.05, 4.69) is 0 Å². The van der Waals surface area contributed by atoms with Crippen molar-refractivity contribution in [2.75, 3.05) is 7.11 Å². The lowest BCUT2D eigenvalue weighted by molar-refractivity contribution is 0.100. The Balaban J connectivity index is 2.39. The van der Waals surface area contributed by atoms with Gasteiger partial charge >= 0.3 is 0 Å². The van der Waals surface area contributed by atoms with E-state index in [1.807, 2.05) is 0 Å². The number of furan rings is 1. The Morgan fingerprint density at radius 3 is 2.78 bits per heavy atom. The Hall–Kier alpha value is -2.14. The highest BCUT2D eigenvalue weighted by Gasteiger charge is 2.19. The number of ketones is 1. The Labute approximate surface area is 103 Å². The molecule has 0 fully saturated rings. The quantitative estimate of drug-likeness (QED) is 0.843. The van der Waals surface area contributed by atoms with Gasteiger partial charge in [-0.15, -0.1) is 0 Å². The highest BCUT2D eigenvalue weighted by atomic mass is 19.1. The summed E-state index contributed by atoms with van der Waals surface area (Å²) in [5.41, 5.74) is 5.29. The molecule has 0 radical (unpaired) electrons. The second-order valence-electron chi connectivity index (χ2n) is 3.62. The monoisotopic (exact) mass is 249 g/mol. The third-order valence-corrected chi connectivity index (χ3v) is 2.51. The topological polar surface area (TPSA) is 65.5 Å². The normalized spacial score (nSPS) is 10.4. The Bertz CT molecular complexity index is 577. The molecule has 1 aromatic carbocycles. The van der Waals surface area contributed by atoms with E-state index in [4.69, 9.17) is 14.9 Å². The molecular weight excluding hydrogens is 237 g/mol. The molecule has 1 heterocycles. The van der Waals surface area contributed by atoms with Crippen LogP contribution in [0.1, 0.15) is 21.9 Å². The van der Waals surface area contributed by atoms with Gasteiger partial charge in [0.15, 0.2) is 17.3 Å². The molecular formula is C13H12FNO3. The smallest absolute Gasteiger partial charge is 0.231 e. The third-order valence-electron chi connectivity index (χ3n) is 2.51. The zero-order valence-corrected chi connectivity index (χ0v) is 9.77. The zero-order chi connectivity index (χ0) is 13.1. The molecule has 0 aliphatic heterocycles. The van der Waals surface area contributed by atoms with E-state index in [9.17, 15) is 9.18 Å². The molecule has 0 aliphatic rings. The summed E-state index contributed by atoms with van der Waals surface area (Å²) in [6, 6.07) is 7.43. The second-order valence-corrected chi connectivity index (χ2v) is 3.62. The summed E-state index contributed by atoms with van der Waals surface area (Å²) in [6.07, 6.45) is 0. The predicted octanol–water partition coefficient (Wildman–Crippen LogP) is 2.12. The molecule has 0 aliphatic carbocycles. The van der Waals surface area contributed by atoms with Crippen LogP contribution in [0.2, 0.25) is 0 Å². The van der Waals surface area contributed by atoms with E-state index >= 15 is 0 Å². The van der Waals surface area contributed by atoms with Crippen LogP contribution in [0.5, 0.6) is 5.75 Å². The van der Waals surface area contributed by atoms with Crippen molar-refractivity contribution >= 4 is 5.78 Å². The molecule has 0 unspecified atom stereocenters. The van der Waals surface area contributed by atoms with Gasteiger partial charge in [-0.2, -0.15) is 0 Å². The van der Waals surface area contributed by atoms with Crippen LogP contribution in [0.4, 0.5) is 4.39 Å². The average molecular weight is 249 g/mol. The summed E-state index contributed by atoms with van der Waals surface area (Å²) in [7, 11) is 1.34. The highest BCUT2D eigenvalue weighted by Crippen LogP contribution is 2.23. The van der Waals surface area contributed by atoms with Gasteiger partial charge in [-0.1, -0.05) is 6.07 Å². The van der Waals surface area contributed by atoms with E-state index in [0.29, 0.717) is 5.76 Å². The minimum atomic E-state index is -0.698. The maximum atomic E-state index is 13.9. The van der Waals surface area contributed by atoms with E-state index in [0.717, 1.165) is 0 Å². The van der Waals surface area contributed by atoms with E-state index < -0.39 is 11.6 Å². The number of carbonyl (C=O) groups is 1. The molecule has 2 N–H and O–H groups in total. The van der Waals surface area contributed by atoms with Gasteiger partial charge in [0.1, 0.15) is 5.76 Å². The van der Waals surface area contributed by atoms with Gasteiger partial charge < -0.3 is 14.9 Å². The van der Waals surface area contributed by atoms with Gasteiger partial charge in [-0.3, -0.25) is 4.79 Å². The third kappa shape index (κ3) is 2.12. The fourth-order valence-corrected chi connectivity index (χ4v) is 1.59. The van der Waals surface area contributed by atoms with Crippen molar-refractivity contribution in [3.05, 3.63) is 53.2 Å². The molecule has 1 aromatic heterocycles. The lowest BCUT2D eigenvalue weighted by Gasteiger charge is -2.05. The maximum absolute atomic E-state index is 13.9. The van der Waals surface area contributed by atoms with Gasteiger partial charge in [0.05, 0.1) is 19.2 Å². The SMILES string of the molecule is COc1cccc(C(=O)c2ccc(CN)o2)c1F. The van der Waals surface area contributed by atoms with Gasteiger partial charge in [-0.25, -0.2) is 4.39 Å². The van der Waals surface area contributed by atoms with Crippen LogP contribution in [-0.4, -0.2) is 12.9 Å². The minimum Gasteiger partial charge on any atom is -0.494 e. The van der Waals surface area contributed by atoms with Crippen molar-refractivity contribution in [3.63, 3.8) is 0 Å². The first-order chi connectivity index (χ1) is 8.67. The van der Waals surface area contributed by atoms with Crippen LogP contribution in [-0.2, 0) is 6.54 Å². The number of ether oxygens (including phenoxy) is 1. The van der Waals surface area contributed by atoms with E-state index in [1.165, 1.54) is 25.3 Å². The molecule has 5 heteroatoms. The molecule has 0 bridgehead atoms. The number of halogens is 1. The number of carbonyl (C=O) groups excluding carboxylic acids is 1. The first-order valence-corrected chi connectivity index (χ1v) is 5.33. The van der Waals surface area contributed by atoms with Crippen molar-refractivity contribution in [1.82, 2.24) is 0 Å². The molecule has 94 valence electrons. The maximum Gasteiger partial charge on any atom is 0.231 e. The van der Waals surface area contributed by atoms with Crippen molar-refractivity contribution < 1.29 is 18.3 Å². The molecule has 0 saturated carbocycles. The van der Waals surface area contributed by atoms with Gasteiger partial charge in [0.2, 0.25) is 5.78 Å². The van der Waals surface area contributed by atoms with E-state index in [1.54, 1.807) is 12.1 Å². The number of rotatable bonds is 4. The molecule has 0 atom stereocenters. The van der Waals surface area contributed by atoms with Crippen molar-refractivity contribution in [3.8, 4) is 5.75 Å². The van der Waals surface area contributed by atoms with E-state index in [-0.39, 0.29) is 23.6 Å². The number of benzene rings is 1. The highest BCUT2D eigenvalue weighted by molar-refractivity contribution is 6.07. The van der Waals surface area contributed by atoms with Crippen molar-refractivity contribution in [1.29, 1.82) is 0 Å². The lowest BCUT2D eigenvalue weighted by atomic mass is 10.1. The first-order valence-electron chi connectivity index (χ1n) is 5.33. The summed E-state index contributed by atoms with van der Waals surface area (Å²) in [4.78, 5) is 12.0. The molecule has 4 nitrogen and oxygen atoms in total. The Morgan fingerprint density at radius 1 is 1.39 bits per heavy atom. The standard InChI is InChI=1S/C13H12FNO3/c1-17-10-4-2-3-9(12(10)14)13(16)11-6-5-8(7-15)18-11/h2-6H,7,15H2,1H3. The summed E-state index contributed by atoms with van der Waals surface area (Å²) < 4.78 is 23.9. The lowest BCUT2D eigenvalue weighted by Crippen LogP contribution is -2.04. The van der Waals surface area contributed by atoms with Crippen molar-refractivity contribution in [2.45, 2.75) is 6.54 Å².